The fourth-order valence-corrected chi connectivity index (χ4v) is 5.00. The molecule has 1 unspecified atom stereocenters. The maximum atomic E-state index is 6.70. The highest BCUT2D eigenvalue weighted by Crippen LogP contribution is 2.73. The molecule has 1 aromatic carbocycles. The second-order valence-corrected chi connectivity index (χ2v) is 7.74. The average molecular weight is 287 g/mol. The van der Waals surface area contributed by atoms with Crippen LogP contribution in [0.1, 0.15) is 52.5 Å². The summed E-state index contributed by atoms with van der Waals surface area (Å²) in [7, 11) is 1.98. The van der Waals surface area contributed by atoms with Gasteiger partial charge in [-0.3, -0.25) is 5.32 Å². The van der Waals surface area contributed by atoms with Crippen molar-refractivity contribution in [3.05, 3.63) is 35.9 Å². The number of hydrogen-bond donors (Lipinski definition) is 1. The Morgan fingerprint density at radius 1 is 1.19 bits per heavy atom. The molecule has 3 rings (SSSR count). The van der Waals surface area contributed by atoms with Crippen molar-refractivity contribution < 1.29 is 4.74 Å². The van der Waals surface area contributed by atoms with E-state index in [0.717, 1.165) is 12.3 Å². The van der Waals surface area contributed by atoms with Crippen molar-refractivity contribution in [1.29, 1.82) is 0 Å². The molecule has 1 aromatic rings. The smallest absolute Gasteiger partial charge is 0.106 e. The number of benzene rings is 1. The molecule has 2 aliphatic rings. The molecule has 0 aromatic heterocycles. The van der Waals surface area contributed by atoms with Crippen LogP contribution in [0.25, 0.3) is 0 Å². The average Bonchev–Trinajstić information content (AvgIpc) is 2.80. The van der Waals surface area contributed by atoms with E-state index in [2.05, 4.69) is 63.3 Å². The normalized spacial score (nSPS) is 38.6. The Morgan fingerprint density at radius 2 is 1.86 bits per heavy atom. The molecule has 0 spiro atoms. The maximum absolute atomic E-state index is 6.70. The minimum atomic E-state index is -0.164. The molecule has 0 saturated heterocycles. The summed E-state index contributed by atoms with van der Waals surface area (Å²) in [5.41, 5.74) is 1.71. The van der Waals surface area contributed by atoms with Crippen molar-refractivity contribution in [2.75, 3.05) is 7.05 Å². The van der Waals surface area contributed by atoms with E-state index in [-0.39, 0.29) is 17.2 Å². The first-order valence-electron chi connectivity index (χ1n) is 8.28. The van der Waals surface area contributed by atoms with E-state index in [1.165, 1.54) is 18.4 Å². The van der Waals surface area contributed by atoms with Gasteiger partial charge in [-0.15, -0.1) is 0 Å². The molecule has 116 valence electrons. The fraction of sp³-hybridized carbons (Fsp3) is 0.684. The van der Waals surface area contributed by atoms with Crippen LogP contribution in [-0.4, -0.2) is 13.3 Å². The Morgan fingerprint density at radius 3 is 2.33 bits per heavy atom. The SMILES string of the molecule is CNC(C)O[C@@]1(c2ccccc2)C[C@@H]2CC[C@@]1(C)C2(C)C. The van der Waals surface area contributed by atoms with E-state index in [9.17, 15) is 0 Å². The third-order valence-corrected chi connectivity index (χ3v) is 6.89. The molecule has 0 amide bonds. The largest absolute Gasteiger partial charge is 0.352 e. The lowest BCUT2D eigenvalue weighted by atomic mass is 9.62. The van der Waals surface area contributed by atoms with E-state index < -0.39 is 0 Å². The van der Waals surface area contributed by atoms with Gasteiger partial charge in [-0.1, -0.05) is 51.1 Å². The zero-order valence-corrected chi connectivity index (χ0v) is 14.1. The van der Waals surface area contributed by atoms with E-state index >= 15 is 0 Å². The highest BCUT2D eigenvalue weighted by Gasteiger charge is 2.70. The molecule has 0 radical (unpaired) electrons. The number of rotatable bonds is 4. The van der Waals surface area contributed by atoms with Crippen LogP contribution in [0.2, 0.25) is 0 Å². The Hall–Kier alpha value is -0.860. The summed E-state index contributed by atoms with van der Waals surface area (Å²) >= 11 is 0. The van der Waals surface area contributed by atoms with Crippen LogP contribution in [0.15, 0.2) is 30.3 Å². The summed E-state index contributed by atoms with van der Waals surface area (Å²) in [5, 5.41) is 3.27. The van der Waals surface area contributed by atoms with Crippen LogP contribution in [0, 0.1) is 16.7 Å². The van der Waals surface area contributed by atoms with Crippen molar-refractivity contribution in [1.82, 2.24) is 5.32 Å². The van der Waals surface area contributed by atoms with E-state index in [1.54, 1.807) is 0 Å². The molecule has 4 atom stereocenters. The number of fused-ring (bicyclic) bond motifs is 2. The summed E-state index contributed by atoms with van der Waals surface area (Å²) in [6.45, 7) is 9.47. The van der Waals surface area contributed by atoms with Crippen molar-refractivity contribution >= 4 is 0 Å². The van der Waals surface area contributed by atoms with Gasteiger partial charge in [0, 0.05) is 5.41 Å². The summed E-state index contributed by atoms with van der Waals surface area (Å²) in [6, 6.07) is 10.9. The predicted octanol–water partition coefficient (Wildman–Crippen LogP) is 4.31. The maximum Gasteiger partial charge on any atom is 0.106 e. The van der Waals surface area contributed by atoms with Gasteiger partial charge in [0.2, 0.25) is 0 Å². The van der Waals surface area contributed by atoms with Gasteiger partial charge >= 0.3 is 0 Å². The number of nitrogens with one attached hydrogen (secondary N) is 1. The van der Waals surface area contributed by atoms with Gasteiger partial charge in [0.1, 0.15) is 11.8 Å². The molecule has 2 saturated carbocycles. The molecule has 2 nitrogen and oxygen atoms in total. The summed E-state index contributed by atoms with van der Waals surface area (Å²) < 4.78 is 6.70. The zero-order chi connectivity index (χ0) is 15.3. The Kier molecular flexibility index (Phi) is 3.46. The molecule has 2 heteroatoms. The highest BCUT2D eigenvalue weighted by atomic mass is 16.5. The minimum Gasteiger partial charge on any atom is -0.352 e. The first-order valence-corrected chi connectivity index (χ1v) is 8.28. The lowest BCUT2D eigenvalue weighted by Crippen LogP contribution is -2.50. The van der Waals surface area contributed by atoms with Crippen LogP contribution in [0.5, 0.6) is 0 Å². The van der Waals surface area contributed by atoms with Gasteiger partial charge in [0.05, 0.1) is 0 Å². The van der Waals surface area contributed by atoms with Gasteiger partial charge in [-0.2, -0.15) is 0 Å². The molecule has 0 aliphatic heterocycles. The molecule has 21 heavy (non-hydrogen) atoms. The van der Waals surface area contributed by atoms with Gasteiger partial charge < -0.3 is 4.74 Å². The molecular weight excluding hydrogens is 258 g/mol. The quantitative estimate of drug-likeness (QED) is 0.833. The van der Waals surface area contributed by atoms with Crippen molar-refractivity contribution in [2.24, 2.45) is 16.7 Å². The standard InChI is InChI=1S/C19H29NO/c1-14(20-5)21-19(15-9-7-6-8-10-15)13-16-11-12-18(19,4)17(16,2)3/h6-10,14,16,20H,11-13H2,1-5H3/t14?,16-,18-,19+/m0/s1. The van der Waals surface area contributed by atoms with Crippen molar-refractivity contribution in [3.63, 3.8) is 0 Å². The van der Waals surface area contributed by atoms with Crippen LogP contribution < -0.4 is 5.32 Å². The van der Waals surface area contributed by atoms with Crippen LogP contribution in [-0.2, 0) is 10.3 Å². The monoisotopic (exact) mass is 287 g/mol. The minimum absolute atomic E-state index is 0.0668. The van der Waals surface area contributed by atoms with Crippen LogP contribution in [0.4, 0.5) is 0 Å². The predicted molar refractivity (Wildman–Crippen MR) is 87.0 cm³/mol. The molecule has 2 fully saturated rings. The second kappa shape index (κ2) is 4.82. The Bertz CT molecular complexity index is 512. The van der Waals surface area contributed by atoms with E-state index in [1.807, 2.05) is 7.05 Å². The Balaban J connectivity index is 2.11. The third kappa shape index (κ3) is 1.85. The van der Waals surface area contributed by atoms with Crippen molar-refractivity contribution in [3.8, 4) is 0 Å². The topological polar surface area (TPSA) is 21.3 Å². The molecule has 2 aliphatic carbocycles. The number of hydrogen-bond acceptors (Lipinski definition) is 2. The lowest BCUT2D eigenvalue weighted by molar-refractivity contribution is -0.179. The first kappa shape index (κ1) is 15.1. The molecule has 1 N–H and O–H groups in total. The molecular formula is C19H29NO. The summed E-state index contributed by atoms with van der Waals surface area (Å²) in [4.78, 5) is 0. The third-order valence-electron chi connectivity index (χ3n) is 6.89. The van der Waals surface area contributed by atoms with Gasteiger partial charge in [0.15, 0.2) is 0 Å². The number of ether oxygens (including phenoxy) is 1. The lowest BCUT2D eigenvalue weighted by Gasteiger charge is -2.50. The van der Waals surface area contributed by atoms with Gasteiger partial charge in [0.25, 0.3) is 0 Å². The summed E-state index contributed by atoms with van der Waals surface area (Å²) in [5.74, 6) is 0.756. The highest BCUT2D eigenvalue weighted by molar-refractivity contribution is 5.32. The zero-order valence-electron chi connectivity index (χ0n) is 14.1. The fourth-order valence-electron chi connectivity index (χ4n) is 5.00. The Labute approximate surface area is 129 Å². The van der Waals surface area contributed by atoms with Crippen molar-refractivity contribution in [2.45, 2.75) is 58.8 Å². The van der Waals surface area contributed by atoms with Crippen LogP contribution >= 0.6 is 0 Å². The van der Waals surface area contributed by atoms with E-state index in [0.29, 0.717) is 5.41 Å². The van der Waals surface area contributed by atoms with Gasteiger partial charge in [-0.05, 0) is 50.1 Å². The first-order chi connectivity index (χ1) is 9.87. The second-order valence-electron chi connectivity index (χ2n) is 7.74. The van der Waals surface area contributed by atoms with E-state index in [4.69, 9.17) is 4.74 Å². The van der Waals surface area contributed by atoms with Gasteiger partial charge in [-0.25, -0.2) is 0 Å². The summed E-state index contributed by atoms with van der Waals surface area (Å²) in [6.07, 6.45) is 3.81. The van der Waals surface area contributed by atoms with Crippen LogP contribution in [0.3, 0.4) is 0 Å². The molecule has 2 bridgehead atoms. The molecule has 0 heterocycles.